The van der Waals surface area contributed by atoms with Crippen molar-refractivity contribution in [3.8, 4) is 0 Å². The summed E-state index contributed by atoms with van der Waals surface area (Å²) in [5, 5.41) is 18.1. The van der Waals surface area contributed by atoms with Crippen molar-refractivity contribution in [3.05, 3.63) is 23.2 Å². The molecule has 6 aliphatic rings. The lowest BCUT2D eigenvalue weighted by Crippen LogP contribution is -2.53. The number of aromatic nitrogens is 3. The number of fused-ring (bicyclic) bond motifs is 1. The summed E-state index contributed by atoms with van der Waals surface area (Å²) in [5.41, 5.74) is 3.52. The van der Waals surface area contributed by atoms with Gasteiger partial charge in [-0.3, -0.25) is 14.3 Å². The van der Waals surface area contributed by atoms with Crippen LogP contribution < -0.4 is 0 Å². The number of carbonyl (C=O) groups is 2. The summed E-state index contributed by atoms with van der Waals surface area (Å²) in [6, 6.07) is 0.335. The predicted molar refractivity (Wildman–Crippen MR) is 186 cm³/mol. The third-order valence-corrected chi connectivity index (χ3v) is 19.0. The van der Waals surface area contributed by atoms with Crippen molar-refractivity contribution in [3.63, 3.8) is 0 Å². The fourth-order valence-electron chi connectivity index (χ4n) is 11.1. The number of likely N-dealkylation sites (tertiary alicyclic amines) is 1. The number of rotatable bonds is 11. The molecule has 266 valence electrons. The van der Waals surface area contributed by atoms with Crippen molar-refractivity contribution in [1.82, 2.24) is 24.8 Å². The molecule has 2 amide bonds. The van der Waals surface area contributed by atoms with Crippen LogP contribution in [0.25, 0.3) is 0 Å². The van der Waals surface area contributed by atoms with E-state index in [1.807, 2.05) is 18.0 Å². The molecule has 0 aromatic carbocycles. The quantitative estimate of drug-likeness (QED) is 0.244. The number of aryl methyl sites for hydroxylation is 1. The van der Waals surface area contributed by atoms with Crippen LogP contribution in [-0.4, -0.2) is 100 Å². The molecule has 2 saturated carbocycles. The van der Waals surface area contributed by atoms with Crippen LogP contribution in [0.15, 0.2) is 17.5 Å². The van der Waals surface area contributed by atoms with Crippen molar-refractivity contribution in [2.75, 3.05) is 26.8 Å². The summed E-state index contributed by atoms with van der Waals surface area (Å²) in [7, 11) is -0.0950. The molecular formula is C37H59N5O5Si. The van der Waals surface area contributed by atoms with E-state index in [1.54, 1.807) is 0 Å². The van der Waals surface area contributed by atoms with Crippen LogP contribution in [0.2, 0.25) is 24.2 Å². The maximum atomic E-state index is 15.2. The number of allylic oxidation sites excluding steroid dienone is 1. The predicted octanol–water partition coefficient (Wildman–Crippen LogP) is 5.48. The molecule has 10 nitrogen and oxygen atoms in total. The molecule has 1 N–H and O–H groups in total. The zero-order valence-electron chi connectivity index (χ0n) is 29.9. The van der Waals surface area contributed by atoms with Gasteiger partial charge in [-0.05, 0) is 86.8 Å². The second kappa shape index (κ2) is 13.9. The zero-order chi connectivity index (χ0) is 33.6. The van der Waals surface area contributed by atoms with Gasteiger partial charge in [0.05, 0.1) is 26.0 Å². The maximum absolute atomic E-state index is 15.2. The van der Waals surface area contributed by atoms with Gasteiger partial charge in [0.15, 0.2) is 5.60 Å². The lowest BCUT2D eigenvalue weighted by molar-refractivity contribution is -0.151. The van der Waals surface area contributed by atoms with Gasteiger partial charge in [0, 0.05) is 70.0 Å². The highest BCUT2D eigenvalue weighted by Crippen LogP contribution is 2.61. The monoisotopic (exact) mass is 681 g/mol. The molecule has 48 heavy (non-hydrogen) atoms. The Bertz CT molecular complexity index is 1370. The van der Waals surface area contributed by atoms with Crippen molar-refractivity contribution < 1.29 is 24.2 Å². The Labute approximate surface area is 288 Å². The first kappa shape index (κ1) is 34.4. The molecule has 3 aliphatic heterocycles. The van der Waals surface area contributed by atoms with Crippen LogP contribution in [-0.2, 0) is 32.0 Å². The van der Waals surface area contributed by atoms with Gasteiger partial charge in [-0.15, -0.1) is 5.10 Å². The minimum atomic E-state index is -1.94. The second-order valence-electron chi connectivity index (χ2n) is 16.5. The number of aliphatic hydroxyl groups excluding tert-OH is 1. The van der Waals surface area contributed by atoms with Gasteiger partial charge in [0.1, 0.15) is 0 Å². The smallest absolute Gasteiger partial charge is 0.263 e. The topological polar surface area (TPSA) is 110 Å². The van der Waals surface area contributed by atoms with Crippen molar-refractivity contribution in [2.24, 2.45) is 11.8 Å². The highest BCUT2D eigenvalue weighted by Gasteiger charge is 2.67. The van der Waals surface area contributed by atoms with Crippen LogP contribution >= 0.6 is 0 Å². The van der Waals surface area contributed by atoms with Crippen LogP contribution in [0.4, 0.5) is 0 Å². The zero-order valence-corrected chi connectivity index (χ0v) is 30.9. The van der Waals surface area contributed by atoms with E-state index in [1.165, 1.54) is 24.1 Å². The van der Waals surface area contributed by atoms with E-state index in [0.717, 1.165) is 89.4 Å². The average molecular weight is 682 g/mol. The molecule has 2 unspecified atom stereocenters. The molecule has 4 heterocycles. The molecule has 0 bridgehead atoms. The molecule has 0 radical (unpaired) electrons. The van der Waals surface area contributed by atoms with Gasteiger partial charge >= 0.3 is 0 Å². The van der Waals surface area contributed by atoms with Crippen LogP contribution in [0.5, 0.6) is 0 Å². The Kier molecular flexibility index (Phi) is 9.96. The normalized spacial score (nSPS) is 35.9. The largest absolute Gasteiger partial charge is 0.396 e. The van der Waals surface area contributed by atoms with Gasteiger partial charge in [-0.25, -0.2) is 0 Å². The molecular weight excluding hydrogens is 623 g/mol. The number of aliphatic hydroxyl groups is 1. The lowest BCUT2D eigenvalue weighted by Gasteiger charge is -2.45. The molecule has 3 aliphatic carbocycles. The summed E-state index contributed by atoms with van der Waals surface area (Å²) in [4.78, 5) is 31.8. The molecule has 1 aromatic heterocycles. The summed E-state index contributed by atoms with van der Waals surface area (Å²) < 4.78 is 15.1. The highest BCUT2D eigenvalue weighted by molar-refractivity contribution is 6.80. The number of methoxy groups -OCH3 is 1. The minimum Gasteiger partial charge on any atom is -0.396 e. The van der Waals surface area contributed by atoms with E-state index in [9.17, 15) is 9.90 Å². The molecule has 6 atom stereocenters. The van der Waals surface area contributed by atoms with Crippen molar-refractivity contribution in [1.29, 1.82) is 0 Å². The number of hydrogen-bond donors (Lipinski definition) is 1. The van der Waals surface area contributed by atoms with E-state index >= 15 is 4.79 Å². The molecule has 1 aromatic rings. The van der Waals surface area contributed by atoms with Crippen molar-refractivity contribution >= 4 is 19.9 Å². The second-order valence-corrected chi connectivity index (χ2v) is 21.7. The van der Waals surface area contributed by atoms with E-state index in [-0.39, 0.29) is 24.5 Å². The maximum Gasteiger partial charge on any atom is 0.263 e. The van der Waals surface area contributed by atoms with Gasteiger partial charge in [0.2, 0.25) is 5.91 Å². The van der Waals surface area contributed by atoms with Gasteiger partial charge in [-0.2, -0.15) is 0 Å². The third kappa shape index (κ3) is 6.02. The number of carbonyl (C=O) groups excluding carboxylic acids is 2. The Balaban J connectivity index is 1.17. The van der Waals surface area contributed by atoms with Gasteiger partial charge < -0.3 is 24.4 Å². The fourth-order valence-corrected chi connectivity index (χ4v) is 16.2. The number of nitrogens with zero attached hydrogens (tertiary/aromatic N) is 5. The Morgan fingerprint density at radius 2 is 1.85 bits per heavy atom. The standard InChI is InChI=1S/C37H59N5O5Si/c1-25-35(48(3,4)30-14-12-29(46-2)13-15-30)33(16-19-40-24-27(18-21-43)38-39-40)47-37(25)31-10-5-6-11-32(31)42(36(37)45)23-26-8-7-9-28(22-26)41-20-17-34(41)44/h24-26,28-30,33,35,43H,5-23H2,1-4H3/t25-,26?,28?,29?,30?,33+,35-,37+/m0/s1. The van der Waals surface area contributed by atoms with E-state index in [0.29, 0.717) is 54.4 Å². The third-order valence-electron chi connectivity index (χ3n) is 13.7. The van der Waals surface area contributed by atoms with E-state index in [2.05, 4.69) is 40.1 Å². The van der Waals surface area contributed by atoms with Gasteiger partial charge in [-0.1, -0.05) is 44.5 Å². The first-order valence-corrected chi connectivity index (χ1v) is 22.4. The lowest BCUT2D eigenvalue weighted by atomic mass is 9.78. The van der Waals surface area contributed by atoms with Gasteiger partial charge in [0.25, 0.3) is 5.91 Å². The molecule has 7 rings (SSSR count). The molecule has 1 spiro atoms. The van der Waals surface area contributed by atoms with Crippen molar-refractivity contribution in [2.45, 2.75) is 158 Å². The van der Waals surface area contributed by atoms with E-state index in [4.69, 9.17) is 9.47 Å². The van der Waals surface area contributed by atoms with Crippen LogP contribution in [0.3, 0.4) is 0 Å². The molecule has 2 saturated heterocycles. The minimum absolute atomic E-state index is 0.0247. The highest BCUT2D eigenvalue weighted by atomic mass is 28.3. The molecule has 11 heteroatoms. The number of ether oxygens (including phenoxy) is 2. The Hall–Kier alpha value is -2.08. The average Bonchev–Trinajstić information content (AvgIpc) is 3.73. The fraction of sp³-hybridized carbons (Fsp3) is 0.838. The molecule has 4 fully saturated rings. The first-order valence-electron chi connectivity index (χ1n) is 19.2. The summed E-state index contributed by atoms with van der Waals surface area (Å²) in [6.07, 6.45) is 17.4. The first-order chi connectivity index (χ1) is 23.2. The number of hydrogen-bond acceptors (Lipinski definition) is 7. The van der Waals surface area contributed by atoms with Crippen LogP contribution in [0.1, 0.15) is 103 Å². The van der Waals surface area contributed by atoms with Crippen LogP contribution in [0, 0.1) is 11.8 Å². The summed E-state index contributed by atoms with van der Waals surface area (Å²) in [5.74, 6) is 1.04. The van der Waals surface area contributed by atoms with E-state index < -0.39 is 13.7 Å². The number of amides is 2. The Morgan fingerprint density at radius 1 is 1.06 bits per heavy atom. The number of β-lactam (4-membered cyclic amide) rings is 1. The summed E-state index contributed by atoms with van der Waals surface area (Å²) >= 11 is 0. The SMILES string of the molecule is COC1CCC([Si](C)(C)[C@@H]2[C@@H](CCn3cc(CCO)nn3)O[C@]3(C(=O)N(CC4CCCC(N5CCC5=O)C4)C4=C3CCCC4)[C@H]2C)CC1. The Morgan fingerprint density at radius 3 is 2.56 bits per heavy atom. The summed E-state index contributed by atoms with van der Waals surface area (Å²) in [6.45, 7) is 9.94.